The zero-order valence-electron chi connectivity index (χ0n) is 20.4. The number of hydrogen-bond donors (Lipinski definition) is 2. The minimum absolute atomic E-state index is 0.110. The minimum atomic E-state index is -0.173. The van der Waals surface area contributed by atoms with Crippen molar-refractivity contribution in [3.8, 4) is 5.75 Å². The van der Waals surface area contributed by atoms with Gasteiger partial charge in [-0.25, -0.2) is 0 Å². The third kappa shape index (κ3) is 6.70. The van der Waals surface area contributed by atoms with E-state index in [0.717, 1.165) is 31.5 Å². The zero-order chi connectivity index (χ0) is 24.6. The molecular weight excluding hydrogens is 438 g/mol. The van der Waals surface area contributed by atoms with Crippen molar-refractivity contribution in [3.63, 3.8) is 0 Å². The maximum Gasteiger partial charge on any atom is 0.255 e. The molecule has 1 aliphatic heterocycles. The summed E-state index contributed by atoms with van der Waals surface area (Å²) < 4.78 is 6.03. The summed E-state index contributed by atoms with van der Waals surface area (Å²) in [7, 11) is 0. The summed E-state index contributed by atoms with van der Waals surface area (Å²) in [5.74, 6) is 0.123. The fourth-order valence-electron chi connectivity index (χ4n) is 4.48. The molecule has 3 aromatic rings. The molecule has 2 amide bonds. The van der Waals surface area contributed by atoms with E-state index in [1.165, 1.54) is 12.5 Å². The number of nitrogens with zero attached hydrogens (tertiary/aromatic N) is 1. The lowest BCUT2D eigenvalue weighted by atomic mass is 10.00. The molecule has 1 atom stereocenters. The Kier molecular flexibility index (Phi) is 8.16. The Morgan fingerprint density at radius 2 is 1.63 bits per heavy atom. The highest BCUT2D eigenvalue weighted by atomic mass is 16.5. The second kappa shape index (κ2) is 11.7. The summed E-state index contributed by atoms with van der Waals surface area (Å²) in [4.78, 5) is 27.2. The van der Waals surface area contributed by atoms with Gasteiger partial charge >= 0.3 is 0 Å². The molecule has 1 aliphatic rings. The van der Waals surface area contributed by atoms with Crippen molar-refractivity contribution in [2.75, 3.05) is 18.4 Å². The molecule has 1 fully saturated rings. The van der Waals surface area contributed by atoms with Crippen LogP contribution in [0.5, 0.6) is 5.75 Å². The van der Waals surface area contributed by atoms with Crippen LogP contribution in [0.1, 0.15) is 54.2 Å². The number of amides is 2. The van der Waals surface area contributed by atoms with E-state index in [1.807, 2.05) is 36.4 Å². The topological polar surface area (TPSA) is 70.7 Å². The zero-order valence-corrected chi connectivity index (χ0v) is 20.4. The summed E-state index contributed by atoms with van der Waals surface area (Å²) in [6, 6.07) is 25.9. The molecule has 1 heterocycles. The summed E-state index contributed by atoms with van der Waals surface area (Å²) in [5, 5.41) is 5.96. The molecule has 1 saturated heterocycles. The minimum Gasteiger partial charge on any atom is -0.488 e. The van der Waals surface area contributed by atoms with Gasteiger partial charge in [0.15, 0.2) is 0 Å². The predicted molar refractivity (Wildman–Crippen MR) is 138 cm³/mol. The number of benzene rings is 3. The average Bonchev–Trinajstić information content (AvgIpc) is 2.88. The van der Waals surface area contributed by atoms with E-state index >= 15 is 0 Å². The number of nitrogens with one attached hydrogen (secondary N) is 2. The third-order valence-electron chi connectivity index (χ3n) is 6.48. The van der Waals surface area contributed by atoms with Gasteiger partial charge in [-0.15, -0.1) is 0 Å². The van der Waals surface area contributed by atoms with Crippen LogP contribution in [0.15, 0.2) is 78.9 Å². The van der Waals surface area contributed by atoms with Gasteiger partial charge in [-0.05, 0) is 43.0 Å². The molecule has 3 aromatic carbocycles. The maximum absolute atomic E-state index is 13.2. The number of anilines is 1. The van der Waals surface area contributed by atoms with E-state index < -0.39 is 0 Å². The van der Waals surface area contributed by atoms with Crippen LogP contribution in [0.3, 0.4) is 0 Å². The first-order chi connectivity index (χ1) is 17.0. The Hall–Kier alpha value is -3.64. The SMILES string of the molecule is CC(=O)Nc1ccc(C(=O)NC2CCN(C(C)c3ccccc3)CC2)c(OCc2ccccc2)c1. The van der Waals surface area contributed by atoms with Gasteiger partial charge in [0.05, 0.1) is 5.56 Å². The van der Waals surface area contributed by atoms with Crippen molar-refractivity contribution >= 4 is 17.5 Å². The highest BCUT2D eigenvalue weighted by Gasteiger charge is 2.25. The smallest absolute Gasteiger partial charge is 0.255 e. The molecule has 2 N–H and O–H groups in total. The van der Waals surface area contributed by atoms with Gasteiger partial charge in [-0.1, -0.05) is 60.7 Å². The van der Waals surface area contributed by atoms with E-state index in [-0.39, 0.29) is 17.9 Å². The van der Waals surface area contributed by atoms with Gasteiger partial charge in [-0.2, -0.15) is 0 Å². The molecule has 0 bridgehead atoms. The van der Waals surface area contributed by atoms with E-state index in [0.29, 0.717) is 29.6 Å². The number of carbonyl (C=O) groups excluding carboxylic acids is 2. The molecule has 182 valence electrons. The second-order valence-electron chi connectivity index (χ2n) is 9.04. The van der Waals surface area contributed by atoms with Gasteiger partial charge in [0, 0.05) is 43.9 Å². The van der Waals surface area contributed by atoms with Crippen molar-refractivity contribution in [3.05, 3.63) is 95.6 Å². The number of ether oxygens (including phenoxy) is 1. The van der Waals surface area contributed by atoms with Crippen molar-refractivity contribution in [2.45, 2.75) is 45.4 Å². The van der Waals surface area contributed by atoms with E-state index in [2.05, 4.69) is 46.7 Å². The van der Waals surface area contributed by atoms with Crippen LogP contribution in [0, 0.1) is 0 Å². The Morgan fingerprint density at radius 1 is 0.971 bits per heavy atom. The van der Waals surface area contributed by atoms with Gasteiger partial charge in [0.2, 0.25) is 5.91 Å². The van der Waals surface area contributed by atoms with Gasteiger partial charge in [0.25, 0.3) is 5.91 Å². The van der Waals surface area contributed by atoms with Crippen LogP contribution in [0.4, 0.5) is 5.69 Å². The normalized spacial score (nSPS) is 15.3. The molecule has 6 nitrogen and oxygen atoms in total. The van der Waals surface area contributed by atoms with Crippen molar-refractivity contribution in [2.24, 2.45) is 0 Å². The highest BCUT2D eigenvalue weighted by molar-refractivity contribution is 5.98. The van der Waals surface area contributed by atoms with E-state index in [1.54, 1.807) is 18.2 Å². The first-order valence-electron chi connectivity index (χ1n) is 12.2. The molecule has 1 unspecified atom stereocenters. The van der Waals surface area contributed by atoms with Crippen molar-refractivity contribution < 1.29 is 14.3 Å². The summed E-state index contributed by atoms with van der Waals surface area (Å²) >= 11 is 0. The van der Waals surface area contributed by atoms with Gasteiger partial charge < -0.3 is 15.4 Å². The molecule has 6 heteroatoms. The number of carbonyl (C=O) groups is 2. The lowest BCUT2D eigenvalue weighted by Crippen LogP contribution is -2.45. The van der Waals surface area contributed by atoms with Gasteiger partial charge in [0.1, 0.15) is 12.4 Å². The monoisotopic (exact) mass is 471 g/mol. The first kappa shape index (κ1) is 24.5. The van der Waals surface area contributed by atoms with E-state index in [4.69, 9.17) is 4.74 Å². The number of rotatable bonds is 8. The number of likely N-dealkylation sites (tertiary alicyclic amines) is 1. The number of hydrogen-bond acceptors (Lipinski definition) is 4. The van der Waals surface area contributed by atoms with Crippen LogP contribution in [-0.2, 0) is 11.4 Å². The molecule has 4 rings (SSSR count). The lowest BCUT2D eigenvalue weighted by molar-refractivity contribution is -0.114. The fourth-order valence-corrected chi connectivity index (χ4v) is 4.48. The molecule has 35 heavy (non-hydrogen) atoms. The van der Waals surface area contributed by atoms with Gasteiger partial charge in [-0.3, -0.25) is 14.5 Å². The Morgan fingerprint density at radius 3 is 2.29 bits per heavy atom. The average molecular weight is 472 g/mol. The molecule has 0 aliphatic carbocycles. The maximum atomic E-state index is 13.2. The summed E-state index contributed by atoms with van der Waals surface area (Å²) in [6.07, 6.45) is 1.79. The summed E-state index contributed by atoms with van der Waals surface area (Å²) in [6.45, 7) is 5.89. The number of piperidine rings is 1. The quantitative estimate of drug-likeness (QED) is 0.475. The van der Waals surface area contributed by atoms with Crippen molar-refractivity contribution in [1.82, 2.24) is 10.2 Å². The third-order valence-corrected chi connectivity index (χ3v) is 6.48. The molecule has 0 radical (unpaired) electrons. The molecule has 0 spiro atoms. The largest absolute Gasteiger partial charge is 0.488 e. The van der Waals surface area contributed by atoms with Crippen LogP contribution in [0.25, 0.3) is 0 Å². The highest BCUT2D eigenvalue weighted by Crippen LogP contribution is 2.27. The Bertz CT molecular complexity index is 1130. The van der Waals surface area contributed by atoms with E-state index in [9.17, 15) is 9.59 Å². The Balaban J connectivity index is 1.40. The van der Waals surface area contributed by atoms with Crippen LogP contribution >= 0.6 is 0 Å². The standard InChI is InChI=1S/C29H33N3O3/c1-21(24-11-7-4-8-12-24)32-17-15-25(16-18-32)31-29(34)27-14-13-26(30-22(2)33)19-28(27)35-20-23-9-5-3-6-10-23/h3-14,19,21,25H,15-18,20H2,1-2H3,(H,30,33)(H,31,34). The van der Waals surface area contributed by atoms with Crippen LogP contribution in [0.2, 0.25) is 0 Å². The van der Waals surface area contributed by atoms with Crippen molar-refractivity contribution in [1.29, 1.82) is 0 Å². The second-order valence-corrected chi connectivity index (χ2v) is 9.04. The lowest BCUT2D eigenvalue weighted by Gasteiger charge is -2.36. The Labute approximate surface area is 207 Å². The molecule has 0 saturated carbocycles. The molecular formula is C29H33N3O3. The molecule has 0 aromatic heterocycles. The first-order valence-corrected chi connectivity index (χ1v) is 12.2. The van der Waals surface area contributed by atoms with Crippen LogP contribution < -0.4 is 15.4 Å². The fraction of sp³-hybridized carbons (Fsp3) is 0.310. The predicted octanol–water partition coefficient (Wildman–Crippen LogP) is 5.18. The van der Waals surface area contributed by atoms with Crippen LogP contribution in [-0.4, -0.2) is 35.8 Å². The summed E-state index contributed by atoms with van der Waals surface area (Å²) in [5.41, 5.74) is 3.38.